The van der Waals surface area contributed by atoms with Gasteiger partial charge in [0, 0.05) is 6.92 Å². The van der Waals surface area contributed by atoms with E-state index in [2.05, 4.69) is 20.8 Å². The molecule has 0 N–H and O–H groups in total. The van der Waals surface area contributed by atoms with Gasteiger partial charge in [0.25, 0.3) is 0 Å². The number of carbonyl (C=O) groups excluding carboxylic acids is 1. The summed E-state index contributed by atoms with van der Waals surface area (Å²) in [6.45, 7) is 10.3. The lowest BCUT2D eigenvalue weighted by molar-refractivity contribution is -0.136. The van der Waals surface area contributed by atoms with Crippen LogP contribution in [-0.4, -0.2) is 5.97 Å². The van der Waals surface area contributed by atoms with Crippen molar-refractivity contribution >= 4 is 5.97 Å². The zero-order valence-corrected chi connectivity index (χ0v) is 16.5. The number of hydrogen-bond acceptors (Lipinski definition) is 2. The molecular formula is C23H34O2. The molecule has 138 valence electrons. The molecule has 0 radical (unpaired) electrons. The van der Waals surface area contributed by atoms with Gasteiger partial charge in [-0.25, -0.2) is 0 Å². The number of hydrogen-bond donors (Lipinski definition) is 0. The molecular weight excluding hydrogens is 308 g/mol. The minimum absolute atomic E-state index is 0.322. The van der Waals surface area contributed by atoms with Crippen LogP contribution in [0.2, 0.25) is 0 Å². The van der Waals surface area contributed by atoms with Crippen LogP contribution in [0.1, 0.15) is 60.3 Å². The quantitative estimate of drug-likeness (QED) is 0.511. The molecule has 0 fully saturated rings. The molecule has 0 heterocycles. The van der Waals surface area contributed by atoms with E-state index in [9.17, 15) is 4.79 Å². The molecule has 0 aromatic heterocycles. The molecule has 1 rings (SSSR count). The van der Waals surface area contributed by atoms with E-state index in [0.29, 0.717) is 5.76 Å². The van der Waals surface area contributed by atoms with Crippen LogP contribution in [0.15, 0.2) is 72.1 Å². The van der Waals surface area contributed by atoms with Crippen LogP contribution in [0.3, 0.4) is 0 Å². The fourth-order valence-corrected chi connectivity index (χ4v) is 2.32. The summed E-state index contributed by atoms with van der Waals surface area (Å²) in [5.41, 5.74) is 1.15. The molecule has 0 aliphatic heterocycles. The Bertz CT molecular complexity index is 536. The number of esters is 1. The number of allylic oxidation sites excluding steroid dienone is 11. The number of rotatable bonds is 5. The second kappa shape index (κ2) is 15.4. The van der Waals surface area contributed by atoms with E-state index in [-0.39, 0.29) is 5.97 Å². The highest BCUT2D eigenvalue weighted by molar-refractivity contribution is 5.67. The molecule has 25 heavy (non-hydrogen) atoms. The Hall–Kier alpha value is -2.09. The van der Waals surface area contributed by atoms with Gasteiger partial charge in [-0.2, -0.15) is 0 Å². The van der Waals surface area contributed by atoms with Gasteiger partial charge in [-0.3, -0.25) is 4.79 Å². The first kappa shape index (κ1) is 22.9. The molecule has 0 amide bonds. The first-order valence-electron chi connectivity index (χ1n) is 9.24. The van der Waals surface area contributed by atoms with E-state index in [4.69, 9.17) is 4.74 Å². The van der Waals surface area contributed by atoms with E-state index in [1.165, 1.54) is 32.6 Å². The molecule has 0 atom stereocenters. The van der Waals surface area contributed by atoms with Gasteiger partial charge in [-0.15, -0.1) is 0 Å². The summed E-state index contributed by atoms with van der Waals surface area (Å²) < 4.78 is 5.03. The van der Waals surface area contributed by atoms with Crippen molar-refractivity contribution in [3.63, 3.8) is 0 Å². The van der Waals surface area contributed by atoms with Gasteiger partial charge in [0.2, 0.25) is 0 Å². The second-order valence-electron chi connectivity index (χ2n) is 6.24. The van der Waals surface area contributed by atoms with E-state index in [1.807, 2.05) is 55.5 Å². The molecule has 0 saturated heterocycles. The molecule has 0 saturated carbocycles. The molecule has 0 bridgehead atoms. The van der Waals surface area contributed by atoms with Gasteiger partial charge in [0.05, 0.1) is 0 Å². The molecule has 0 aromatic rings. The maximum absolute atomic E-state index is 10.9. The van der Waals surface area contributed by atoms with Crippen molar-refractivity contribution in [1.82, 2.24) is 0 Å². The minimum Gasteiger partial charge on any atom is -0.427 e. The van der Waals surface area contributed by atoms with E-state index >= 15 is 0 Å². The lowest BCUT2D eigenvalue weighted by Crippen LogP contribution is -1.96. The first-order chi connectivity index (χ1) is 12.0. The van der Waals surface area contributed by atoms with Crippen molar-refractivity contribution in [2.24, 2.45) is 5.92 Å². The van der Waals surface area contributed by atoms with Crippen molar-refractivity contribution < 1.29 is 9.53 Å². The maximum Gasteiger partial charge on any atom is 0.308 e. The monoisotopic (exact) mass is 342 g/mol. The van der Waals surface area contributed by atoms with Crippen LogP contribution in [0.5, 0.6) is 0 Å². The van der Waals surface area contributed by atoms with Crippen molar-refractivity contribution in [2.45, 2.75) is 60.3 Å². The highest BCUT2D eigenvalue weighted by Gasteiger charge is 1.96. The van der Waals surface area contributed by atoms with E-state index < -0.39 is 0 Å². The normalized spacial score (nSPS) is 23.3. The minimum atomic E-state index is -0.322. The molecule has 0 unspecified atom stereocenters. The smallest absolute Gasteiger partial charge is 0.308 e. The predicted octanol–water partition coefficient (Wildman–Crippen LogP) is 6.84. The topological polar surface area (TPSA) is 26.3 Å². The highest BCUT2D eigenvalue weighted by atomic mass is 16.5. The van der Waals surface area contributed by atoms with Gasteiger partial charge in [0.15, 0.2) is 0 Å². The van der Waals surface area contributed by atoms with Crippen molar-refractivity contribution in [3.05, 3.63) is 72.1 Å². The Kier molecular flexibility index (Phi) is 14.1. The van der Waals surface area contributed by atoms with Crippen molar-refractivity contribution in [1.29, 1.82) is 0 Å². The van der Waals surface area contributed by atoms with Gasteiger partial charge < -0.3 is 4.74 Å². The summed E-state index contributed by atoms with van der Waals surface area (Å²) in [6, 6.07) is 0. The van der Waals surface area contributed by atoms with Crippen LogP contribution in [-0.2, 0) is 9.53 Å². The van der Waals surface area contributed by atoms with Gasteiger partial charge in [0.1, 0.15) is 5.76 Å². The third kappa shape index (κ3) is 15.2. The average Bonchev–Trinajstić information content (AvgIpc) is 2.53. The Morgan fingerprint density at radius 2 is 1.48 bits per heavy atom. The van der Waals surface area contributed by atoms with Crippen LogP contribution in [0.4, 0.5) is 0 Å². The summed E-state index contributed by atoms with van der Waals surface area (Å²) >= 11 is 0. The maximum atomic E-state index is 10.9. The largest absolute Gasteiger partial charge is 0.427 e. The van der Waals surface area contributed by atoms with Crippen LogP contribution in [0.25, 0.3) is 0 Å². The lowest BCUT2D eigenvalue weighted by atomic mass is 10.0. The van der Waals surface area contributed by atoms with Gasteiger partial charge in [-0.05, 0) is 25.0 Å². The van der Waals surface area contributed by atoms with Crippen LogP contribution in [0, 0.1) is 5.92 Å². The fourth-order valence-electron chi connectivity index (χ4n) is 2.32. The Morgan fingerprint density at radius 3 is 2.04 bits per heavy atom. The SMILES string of the molecule is CC(=O)OC1=C/C=C/C=C/C=C(C)\C=C/C=C\1.CCCC(C)CCC. The standard InChI is InChI=1S/C15H16O2.C8H18/c1-13-9-5-3-4-6-11-15(17-14(2)16)12-8-7-10-13;1-4-6-8(3)7-5-2/h3-12H,1-2H3;8H,4-7H2,1-3H3/b4-3?,5-3+,6-4+,8-7?,9-5?,10-7-,11-6?,12-8-,13-9-,13-10?,15-11+,15-12?;. The molecule has 0 aromatic carbocycles. The molecule has 1 aliphatic rings. The molecule has 2 heteroatoms. The Labute approximate surface area is 154 Å². The zero-order chi connectivity index (χ0) is 18.9. The summed E-state index contributed by atoms with van der Waals surface area (Å²) in [7, 11) is 0. The number of ether oxygens (including phenoxy) is 1. The highest BCUT2D eigenvalue weighted by Crippen LogP contribution is 2.10. The number of carbonyl (C=O) groups is 1. The second-order valence-corrected chi connectivity index (χ2v) is 6.24. The summed E-state index contributed by atoms with van der Waals surface area (Å²) in [5.74, 6) is 1.16. The van der Waals surface area contributed by atoms with E-state index in [0.717, 1.165) is 11.5 Å². The summed E-state index contributed by atoms with van der Waals surface area (Å²) in [4.78, 5) is 10.9. The van der Waals surface area contributed by atoms with Gasteiger partial charge in [-0.1, -0.05) is 101 Å². The Morgan fingerprint density at radius 1 is 0.920 bits per heavy atom. The molecule has 0 spiro atoms. The molecule has 1 aliphatic carbocycles. The van der Waals surface area contributed by atoms with Crippen LogP contribution < -0.4 is 0 Å². The zero-order valence-electron chi connectivity index (χ0n) is 16.5. The van der Waals surface area contributed by atoms with E-state index in [1.54, 1.807) is 12.2 Å². The predicted molar refractivity (Wildman–Crippen MR) is 109 cm³/mol. The van der Waals surface area contributed by atoms with Gasteiger partial charge >= 0.3 is 5.97 Å². The molecule has 2 nitrogen and oxygen atoms in total. The first-order valence-corrected chi connectivity index (χ1v) is 9.24. The third-order valence-corrected chi connectivity index (χ3v) is 3.51. The third-order valence-electron chi connectivity index (χ3n) is 3.51. The Balaban J connectivity index is 0.000000609. The van der Waals surface area contributed by atoms with Crippen molar-refractivity contribution in [2.75, 3.05) is 0 Å². The summed E-state index contributed by atoms with van der Waals surface area (Å²) in [6.07, 6.45) is 24.3. The summed E-state index contributed by atoms with van der Waals surface area (Å²) in [5, 5.41) is 0. The fraction of sp³-hybridized carbons (Fsp3) is 0.435. The van der Waals surface area contributed by atoms with Crippen LogP contribution >= 0.6 is 0 Å². The van der Waals surface area contributed by atoms with Crippen molar-refractivity contribution in [3.8, 4) is 0 Å². The lowest BCUT2D eigenvalue weighted by Gasteiger charge is -2.05. The average molecular weight is 343 g/mol.